The van der Waals surface area contributed by atoms with Crippen molar-refractivity contribution in [3.05, 3.63) is 59.4 Å². The molecule has 2 heterocycles. The van der Waals surface area contributed by atoms with Crippen molar-refractivity contribution >= 4 is 27.7 Å². The summed E-state index contributed by atoms with van der Waals surface area (Å²) in [5.41, 5.74) is 3.95. The second-order valence-electron chi connectivity index (χ2n) is 8.43. The van der Waals surface area contributed by atoms with Crippen molar-refractivity contribution < 1.29 is 32.7 Å². The zero-order valence-corrected chi connectivity index (χ0v) is 20.0. The van der Waals surface area contributed by atoms with Crippen LogP contribution in [0.2, 0.25) is 0 Å². The Hall–Kier alpha value is -3.28. The maximum Gasteiger partial charge on any atom is 0.265 e. The second kappa shape index (κ2) is 10.1. The number of sulfone groups is 1. The largest absolute Gasteiger partial charge is 0.492 e. The first-order valence-corrected chi connectivity index (χ1v) is 12.7. The number of hydrogen-bond donors (Lipinski definition) is 3. The van der Waals surface area contributed by atoms with Crippen LogP contribution >= 0.6 is 0 Å². The molecule has 0 saturated carbocycles. The molecule has 0 spiro atoms. The first-order chi connectivity index (χ1) is 16.8. The van der Waals surface area contributed by atoms with E-state index in [-0.39, 0.29) is 55.9 Å². The van der Waals surface area contributed by atoms with Gasteiger partial charge in [-0.15, -0.1) is 0 Å². The van der Waals surface area contributed by atoms with Gasteiger partial charge in [0.25, 0.3) is 5.91 Å². The van der Waals surface area contributed by atoms with Gasteiger partial charge in [0.15, 0.2) is 14.6 Å². The highest BCUT2D eigenvalue weighted by Crippen LogP contribution is 2.36. The van der Waals surface area contributed by atoms with E-state index in [9.17, 15) is 18.0 Å². The van der Waals surface area contributed by atoms with Gasteiger partial charge in [-0.25, -0.2) is 13.9 Å². The van der Waals surface area contributed by atoms with Gasteiger partial charge in [0.05, 0.1) is 17.1 Å². The van der Waals surface area contributed by atoms with E-state index >= 15 is 0 Å². The molecule has 35 heavy (non-hydrogen) atoms. The number of aromatic nitrogens is 1. The molecule has 1 atom stereocenters. The average Bonchev–Trinajstić information content (AvgIpc) is 3.23. The monoisotopic (exact) mass is 501 g/mol. The molecule has 1 aromatic heterocycles. The molecule has 0 bridgehead atoms. The van der Waals surface area contributed by atoms with Gasteiger partial charge >= 0.3 is 0 Å². The molecule has 0 radical (unpaired) electrons. The van der Waals surface area contributed by atoms with Gasteiger partial charge in [-0.3, -0.25) is 19.8 Å². The van der Waals surface area contributed by atoms with E-state index in [1.54, 1.807) is 6.20 Å². The number of pyridine rings is 1. The Bertz CT molecular complexity index is 1240. The molecule has 2 aromatic rings. The molecule has 10 nitrogen and oxygen atoms in total. The van der Waals surface area contributed by atoms with Crippen LogP contribution in [-0.4, -0.2) is 61.5 Å². The number of hydroxylamine groups is 1. The van der Waals surface area contributed by atoms with E-state index < -0.39 is 20.5 Å². The van der Waals surface area contributed by atoms with Crippen LogP contribution in [0.25, 0.3) is 6.08 Å². The van der Waals surface area contributed by atoms with E-state index in [0.717, 1.165) is 11.3 Å². The molecular formula is C24H27N3O7S. The molecule has 1 aliphatic heterocycles. The van der Waals surface area contributed by atoms with Gasteiger partial charge in [-0.2, -0.15) is 0 Å². The van der Waals surface area contributed by atoms with E-state index in [1.807, 2.05) is 25.1 Å². The van der Waals surface area contributed by atoms with Crippen LogP contribution in [0.3, 0.4) is 0 Å². The maximum absolute atomic E-state index is 13.3. The Morgan fingerprint density at radius 2 is 1.91 bits per heavy atom. The molecule has 1 aromatic carbocycles. The Labute approximate surface area is 203 Å². The smallest absolute Gasteiger partial charge is 0.265 e. The van der Waals surface area contributed by atoms with Gasteiger partial charge in [-0.05, 0) is 54.8 Å². The predicted octanol–water partition coefficient (Wildman–Crippen LogP) is 1.61. The Kier molecular flexibility index (Phi) is 7.20. The van der Waals surface area contributed by atoms with Crippen molar-refractivity contribution in [3.8, 4) is 5.75 Å². The second-order valence-corrected chi connectivity index (χ2v) is 10.7. The third-order valence-corrected chi connectivity index (χ3v) is 8.96. The highest BCUT2D eigenvalue weighted by molar-refractivity contribution is 7.93. The fraction of sp³-hybridized carbons (Fsp3) is 0.375. The summed E-state index contributed by atoms with van der Waals surface area (Å²) in [7, 11) is -4.10. The third kappa shape index (κ3) is 4.66. The van der Waals surface area contributed by atoms with Crippen molar-refractivity contribution in [2.24, 2.45) is 0 Å². The molecule has 1 unspecified atom stereocenters. The summed E-state index contributed by atoms with van der Waals surface area (Å²) in [5.74, 6) is -0.837. The Morgan fingerprint density at radius 1 is 1.20 bits per heavy atom. The topological polar surface area (TPSA) is 144 Å². The molecule has 2 amide bonds. The number of nitrogens with one attached hydrogen (secondary N) is 2. The summed E-state index contributed by atoms with van der Waals surface area (Å²) in [6.07, 6.45) is 3.43. The fourth-order valence-corrected chi connectivity index (χ4v) is 6.35. The molecule has 2 aliphatic rings. The normalized spacial score (nSPS) is 18.8. The average molecular weight is 502 g/mol. The number of carbonyl (C=O) groups is 2. The first kappa shape index (κ1) is 24.8. The van der Waals surface area contributed by atoms with Gasteiger partial charge in [-0.1, -0.05) is 13.0 Å². The lowest BCUT2D eigenvalue weighted by molar-refractivity contribution is -0.134. The van der Waals surface area contributed by atoms with Crippen LogP contribution < -0.4 is 15.5 Å². The molecule has 4 rings (SSSR count). The van der Waals surface area contributed by atoms with Crippen molar-refractivity contribution in [3.63, 3.8) is 0 Å². The van der Waals surface area contributed by atoms with Crippen LogP contribution in [0.1, 0.15) is 36.9 Å². The molecule has 1 fully saturated rings. The van der Waals surface area contributed by atoms with Gasteiger partial charge in [0, 0.05) is 30.9 Å². The molecule has 11 heteroatoms. The van der Waals surface area contributed by atoms with Crippen LogP contribution in [0.5, 0.6) is 5.75 Å². The zero-order chi connectivity index (χ0) is 25.1. The number of fused-ring (bicyclic) bond motifs is 1. The lowest BCUT2D eigenvalue weighted by atomic mass is 9.98. The fourth-order valence-electron chi connectivity index (χ4n) is 4.41. The van der Waals surface area contributed by atoms with E-state index in [2.05, 4.69) is 10.3 Å². The quantitative estimate of drug-likeness (QED) is 0.281. The molecule has 3 N–H and O–H groups in total. The van der Waals surface area contributed by atoms with Crippen molar-refractivity contribution in [1.82, 2.24) is 15.8 Å². The van der Waals surface area contributed by atoms with E-state index in [4.69, 9.17) is 14.7 Å². The predicted molar refractivity (Wildman–Crippen MR) is 125 cm³/mol. The minimum Gasteiger partial charge on any atom is -0.492 e. The summed E-state index contributed by atoms with van der Waals surface area (Å²) < 4.78 is 35.6. The molecule has 186 valence electrons. The van der Waals surface area contributed by atoms with Gasteiger partial charge < -0.3 is 14.8 Å². The van der Waals surface area contributed by atoms with Crippen molar-refractivity contribution in [1.29, 1.82) is 0 Å². The van der Waals surface area contributed by atoms with E-state index in [0.29, 0.717) is 11.3 Å². The zero-order valence-electron chi connectivity index (χ0n) is 19.2. The minimum absolute atomic E-state index is 0.0565. The molecule has 1 aliphatic carbocycles. The van der Waals surface area contributed by atoms with E-state index in [1.165, 1.54) is 29.7 Å². The van der Waals surface area contributed by atoms with Crippen LogP contribution in [0.4, 0.5) is 0 Å². The lowest BCUT2D eigenvalue weighted by Gasteiger charge is -2.34. The van der Waals surface area contributed by atoms with Gasteiger partial charge in [0.2, 0.25) is 5.91 Å². The third-order valence-electron chi connectivity index (χ3n) is 6.44. The standard InChI is InChI=1S/C24H27N3O7S/c1-16-20(15-17-3-2-10-25-21(16)17)22(28)26-11-14-34-18-4-6-19(7-5-18)35(31,32)24(23(29)27-30)8-12-33-13-9-24/h2-7,10,15-16,30H,8-9,11-14H2,1H3,(H,26,28)(H,27,29). The van der Waals surface area contributed by atoms with Crippen LogP contribution in [-0.2, 0) is 24.2 Å². The highest BCUT2D eigenvalue weighted by Gasteiger charge is 2.52. The summed E-state index contributed by atoms with van der Waals surface area (Å²) in [6.45, 7) is 2.56. The highest BCUT2D eigenvalue weighted by atomic mass is 32.2. The van der Waals surface area contributed by atoms with Crippen LogP contribution in [0, 0.1) is 0 Å². The summed E-state index contributed by atoms with van der Waals surface area (Å²) in [5, 5.41) is 12.0. The number of ether oxygens (including phenoxy) is 2. The summed E-state index contributed by atoms with van der Waals surface area (Å²) in [6, 6.07) is 9.45. The summed E-state index contributed by atoms with van der Waals surface area (Å²) >= 11 is 0. The minimum atomic E-state index is -4.10. The first-order valence-electron chi connectivity index (χ1n) is 11.2. The van der Waals surface area contributed by atoms with Crippen LogP contribution in [0.15, 0.2) is 53.1 Å². The number of amides is 2. The lowest BCUT2D eigenvalue weighted by Crippen LogP contribution is -2.54. The summed E-state index contributed by atoms with van der Waals surface area (Å²) in [4.78, 5) is 29.2. The number of carbonyl (C=O) groups excluding carboxylic acids is 2. The number of benzene rings is 1. The number of hydrogen-bond acceptors (Lipinski definition) is 8. The molecule has 1 saturated heterocycles. The Morgan fingerprint density at radius 3 is 2.57 bits per heavy atom. The SMILES string of the molecule is CC1C(C(=O)NCCOc2ccc(S(=O)(=O)C3(C(=O)NO)CCOCC3)cc2)=Cc2cccnc21. The van der Waals surface area contributed by atoms with Gasteiger partial charge in [0.1, 0.15) is 12.4 Å². The Balaban J connectivity index is 1.34. The molecular weight excluding hydrogens is 474 g/mol. The maximum atomic E-state index is 13.3. The number of nitrogens with zero attached hydrogens (tertiary/aromatic N) is 1. The van der Waals surface area contributed by atoms with Crippen molar-refractivity contribution in [2.45, 2.75) is 35.3 Å². The van der Waals surface area contributed by atoms with Crippen molar-refractivity contribution in [2.75, 3.05) is 26.4 Å². The number of rotatable bonds is 8.